The molecular weight excluding hydrogens is 438 g/mol. The van der Waals surface area contributed by atoms with Crippen molar-refractivity contribution in [1.82, 2.24) is 20.3 Å². The van der Waals surface area contributed by atoms with Gasteiger partial charge in [0.05, 0.1) is 30.0 Å². The lowest BCUT2D eigenvalue weighted by Crippen LogP contribution is -2.54. The zero-order valence-corrected chi connectivity index (χ0v) is 19.3. The first-order valence-electron chi connectivity index (χ1n) is 11.3. The Morgan fingerprint density at radius 1 is 1.33 bits per heavy atom. The number of ether oxygens (including phenoxy) is 1. The van der Waals surface area contributed by atoms with Gasteiger partial charge in [0.15, 0.2) is 0 Å². The molecule has 0 aromatic carbocycles. The third-order valence-electron chi connectivity index (χ3n) is 7.16. The summed E-state index contributed by atoms with van der Waals surface area (Å²) in [6, 6.07) is 4.39. The number of aryl methyl sites for hydroxylation is 2. The van der Waals surface area contributed by atoms with E-state index < -0.39 is 0 Å². The molecule has 172 valence electrons. The highest BCUT2D eigenvalue weighted by molar-refractivity contribution is 7.21. The van der Waals surface area contributed by atoms with Crippen LogP contribution in [0.5, 0.6) is 0 Å². The molecule has 33 heavy (non-hydrogen) atoms. The Bertz CT molecular complexity index is 1260. The van der Waals surface area contributed by atoms with Gasteiger partial charge in [-0.1, -0.05) is 6.07 Å². The highest BCUT2D eigenvalue weighted by Gasteiger charge is 2.50. The van der Waals surface area contributed by atoms with Gasteiger partial charge in [-0.25, -0.2) is 15.0 Å². The summed E-state index contributed by atoms with van der Waals surface area (Å²) in [4.78, 5) is 30.2. The fourth-order valence-corrected chi connectivity index (χ4v) is 6.13. The van der Waals surface area contributed by atoms with Crippen molar-refractivity contribution < 1.29 is 9.53 Å². The highest BCUT2D eigenvalue weighted by atomic mass is 32.1. The van der Waals surface area contributed by atoms with Crippen LogP contribution in [0, 0.1) is 12.3 Å². The summed E-state index contributed by atoms with van der Waals surface area (Å²) in [6.45, 7) is 5.07. The molecule has 2 atom stereocenters. The summed E-state index contributed by atoms with van der Waals surface area (Å²) in [5, 5.41) is 3.16. The zero-order chi connectivity index (χ0) is 22.7. The summed E-state index contributed by atoms with van der Waals surface area (Å²) in [6.07, 6.45) is 4.09. The van der Waals surface area contributed by atoms with Gasteiger partial charge in [0.2, 0.25) is 0 Å². The quantitative estimate of drug-likeness (QED) is 0.529. The van der Waals surface area contributed by atoms with Gasteiger partial charge in [-0.3, -0.25) is 4.79 Å². The van der Waals surface area contributed by atoms with Crippen molar-refractivity contribution in [2.45, 2.75) is 38.3 Å². The number of rotatable bonds is 3. The van der Waals surface area contributed by atoms with Crippen LogP contribution >= 0.6 is 11.3 Å². The lowest BCUT2D eigenvalue weighted by atomic mass is 9.82. The van der Waals surface area contributed by atoms with E-state index in [1.54, 1.807) is 6.20 Å². The number of thiophene rings is 1. The Kier molecular flexibility index (Phi) is 4.79. The molecule has 0 unspecified atom stereocenters. The Balaban J connectivity index is 1.15. The number of carbonyl (C=O) groups excluding carboxylic acids is 1. The summed E-state index contributed by atoms with van der Waals surface area (Å²) >= 11 is 1.30. The second-order valence-corrected chi connectivity index (χ2v) is 10.5. The first-order chi connectivity index (χ1) is 15.9. The van der Waals surface area contributed by atoms with Gasteiger partial charge in [-0.15, -0.1) is 11.3 Å². The molecule has 5 N–H and O–H groups in total. The molecular formula is C23H27N7O2S. The largest absolute Gasteiger partial charge is 0.396 e. The predicted molar refractivity (Wildman–Crippen MR) is 128 cm³/mol. The number of nitrogen functional groups attached to an aromatic ring is 1. The maximum absolute atomic E-state index is 13.0. The van der Waals surface area contributed by atoms with Crippen LogP contribution in [0.3, 0.4) is 0 Å². The Morgan fingerprint density at radius 3 is 2.94 bits per heavy atom. The highest BCUT2D eigenvalue weighted by Crippen LogP contribution is 2.39. The number of carbonyl (C=O) groups is 1. The Hall–Kier alpha value is -2.82. The monoisotopic (exact) mass is 465 g/mol. The van der Waals surface area contributed by atoms with Crippen LogP contribution in [-0.2, 0) is 17.6 Å². The van der Waals surface area contributed by atoms with E-state index >= 15 is 0 Å². The van der Waals surface area contributed by atoms with Crippen LogP contribution in [-0.4, -0.2) is 59.2 Å². The average molecular weight is 466 g/mol. The van der Waals surface area contributed by atoms with Crippen molar-refractivity contribution in [2.24, 2.45) is 11.1 Å². The van der Waals surface area contributed by atoms with Crippen molar-refractivity contribution in [3.63, 3.8) is 0 Å². The minimum Gasteiger partial charge on any atom is -0.396 e. The van der Waals surface area contributed by atoms with Crippen molar-refractivity contribution in [3.05, 3.63) is 40.2 Å². The molecule has 1 spiro atoms. The molecule has 0 saturated carbocycles. The third kappa shape index (κ3) is 3.44. The topological polar surface area (TPSA) is 132 Å². The standard InChI is InChI=1S/C23H27N7O2S/c1-12-7-26-19-18(25)20(33-22(19)27-12)21(31)28-14-3-4-15-13(6-14)2-5-17(29-15)30-8-16(24)23(9-30)10-32-11-23/h2,5,7,14,16H,3-4,6,8-11,24-25H2,1H3,(H,28,31)/t14-,16-/m0/s1. The van der Waals surface area contributed by atoms with Crippen molar-refractivity contribution in [2.75, 3.05) is 36.9 Å². The van der Waals surface area contributed by atoms with Crippen LogP contribution in [0.15, 0.2) is 18.3 Å². The van der Waals surface area contributed by atoms with Gasteiger partial charge >= 0.3 is 0 Å². The van der Waals surface area contributed by atoms with Gasteiger partial charge < -0.3 is 26.4 Å². The molecule has 3 aliphatic rings. The van der Waals surface area contributed by atoms with Crippen LogP contribution in [0.25, 0.3) is 10.3 Å². The van der Waals surface area contributed by atoms with Crippen LogP contribution in [0.4, 0.5) is 11.5 Å². The lowest BCUT2D eigenvalue weighted by Gasteiger charge is -2.40. The van der Waals surface area contributed by atoms with E-state index in [0.717, 1.165) is 62.8 Å². The van der Waals surface area contributed by atoms with Gasteiger partial charge in [-0.05, 0) is 37.8 Å². The van der Waals surface area contributed by atoms with E-state index in [2.05, 4.69) is 32.3 Å². The molecule has 10 heteroatoms. The number of aromatic nitrogens is 3. The fraction of sp³-hybridized carbons (Fsp3) is 0.478. The fourth-order valence-electron chi connectivity index (χ4n) is 5.13. The smallest absolute Gasteiger partial charge is 0.263 e. The summed E-state index contributed by atoms with van der Waals surface area (Å²) in [5.74, 6) is 0.829. The number of amides is 1. The molecule has 2 aliphatic heterocycles. The van der Waals surface area contributed by atoms with Crippen LogP contribution in [0.2, 0.25) is 0 Å². The first-order valence-corrected chi connectivity index (χ1v) is 12.1. The Labute approximate surface area is 195 Å². The number of nitrogens with one attached hydrogen (secondary N) is 1. The zero-order valence-electron chi connectivity index (χ0n) is 18.5. The number of nitrogens with zero attached hydrogens (tertiary/aromatic N) is 4. The molecule has 1 aliphatic carbocycles. The number of hydrogen-bond acceptors (Lipinski definition) is 9. The van der Waals surface area contributed by atoms with Gasteiger partial charge in [0.1, 0.15) is 21.0 Å². The molecule has 2 fully saturated rings. The number of fused-ring (bicyclic) bond motifs is 2. The molecule has 0 bridgehead atoms. The molecule has 9 nitrogen and oxygen atoms in total. The molecule has 2 saturated heterocycles. The normalized spacial score (nSPS) is 23.5. The number of hydrogen-bond donors (Lipinski definition) is 3. The second-order valence-electron chi connectivity index (χ2n) is 9.54. The summed E-state index contributed by atoms with van der Waals surface area (Å²) in [7, 11) is 0. The van der Waals surface area contributed by atoms with E-state index in [4.69, 9.17) is 21.2 Å². The van der Waals surface area contributed by atoms with Gasteiger partial charge in [0, 0.05) is 37.1 Å². The van der Waals surface area contributed by atoms with E-state index in [1.165, 1.54) is 16.9 Å². The first kappa shape index (κ1) is 20.8. The van der Waals surface area contributed by atoms with E-state index in [1.807, 2.05) is 6.92 Å². The number of anilines is 2. The molecule has 3 aromatic heterocycles. The van der Waals surface area contributed by atoms with Crippen molar-refractivity contribution in [3.8, 4) is 0 Å². The van der Waals surface area contributed by atoms with E-state index in [0.29, 0.717) is 20.9 Å². The van der Waals surface area contributed by atoms with E-state index in [-0.39, 0.29) is 23.4 Å². The van der Waals surface area contributed by atoms with Crippen molar-refractivity contribution in [1.29, 1.82) is 0 Å². The van der Waals surface area contributed by atoms with Gasteiger partial charge in [-0.2, -0.15) is 0 Å². The second kappa shape index (κ2) is 7.61. The van der Waals surface area contributed by atoms with Crippen LogP contribution < -0.4 is 21.7 Å². The summed E-state index contributed by atoms with van der Waals surface area (Å²) < 4.78 is 5.43. The maximum Gasteiger partial charge on any atom is 0.263 e. The van der Waals surface area contributed by atoms with Gasteiger partial charge in [0.25, 0.3) is 5.91 Å². The molecule has 1 amide bonds. The SMILES string of the molecule is Cc1cnc2c(N)c(C(=O)N[C@H]3CCc4nc(N5C[C@H](N)C6(COC6)C5)ccc4C3)sc2n1. The lowest BCUT2D eigenvalue weighted by molar-refractivity contribution is -0.106. The molecule has 3 aromatic rings. The Morgan fingerprint density at radius 2 is 2.18 bits per heavy atom. The van der Waals surface area contributed by atoms with Crippen molar-refractivity contribution >= 4 is 39.1 Å². The number of pyridine rings is 1. The average Bonchev–Trinajstić information content (AvgIpc) is 3.30. The third-order valence-corrected chi connectivity index (χ3v) is 8.25. The predicted octanol–water partition coefficient (Wildman–Crippen LogP) is 1.43. The molecule has 5 heterocycles. The molecule has 0 radical (unpaired) electrons. The maximum atomic E-state index is 13.0. The minimum absolute atomic E-state index is 0.0421. The molecule has 6 rings (SSSR count). The number of nitrogens with two attached hydrogens (primary N) is 2. The van der Waals surface area contributed by atoms with E-state index in [9.17, 15) is 4.79 Å². The van der Waals surface area contributed by atoms with Crippen LogP contribution in [0.1, 0.15) is 33.0 Å². The minimum atomic E-state index is -0.160. The summed E-state index contributed by atoms with van der Waals surface area (Å²) in [5.41, 5.74) is 16.8.